The van der Waals surface area contributed by atoms with Gasteiger partial charge in [-0.1, -0.05) is 18.0 Å². The van der Waals surface area contributed by atoms with Crippen LogP contribution in [0.5, 0.6) is 0 Å². The summed E-state index contributed by atoms with van der Waals surface area (Å²) in [7, 11) is 1.69. The van der Waals surface area contributed by atoms with Crippen molar-refractivity contribution in [2.24, 2.45) is 5.92 Å². The zero-order valence-corrected chi connectivity index (χ0v) is 17.4. The van der Waals surface area contributed by atoms with E-state index in [4.69, 9.17) is 16.3 Å². The molecule has 0 saturated carbocycles. The largest absolute Gasteiger partial charge is 0.383 e. The topological polar surface area (TPSA) is 46.5 Å². The molecule has 2 aliphatic rings. The number of hydrogen-bond acceptors (Lipinski definition) is 3. The third kappa shape index (κ3) is 4.07. The Balaban J connectivity index is 1.49. The molecule has 1 amide bonds. The van der Waals surface area contributed by atoms with Gasteiger partial charge in [0.1, 0.15) is 0 Å². The molecule has 2 fully saturated rings. The van der Waals surface area contributed by atoms with Gasteiger partial charge >= 0.3 is 0 Å². The average Bonchev–Trinajstić information content (AvgIpc) is 3.08. The lowest BCUT2D eigenvalue weighted by Crippen LogP contribution is -2.51. The molecule has 4 rings (SSSR count). The lowest BCUT2D eigenvalue weighted by atomic mass is 9.83. The molecule has 0 bridgehead atoms. The zero-order valence-electron chi connectivity index (χ0n) is 16.6. The maximum Gasteiger partial charge on any atom is 0.253 e. The summed E-state index contributed by atoms with van der Waals surface area (Å²) in [6, 6.07) is 6.37. The number of carbonyl (C=O) groups is 1. The molecule has 5 nitrogen and oxygen atoms in total. The quantitative estimate of drug-likeness (QED) is 0.794. The number of nitrogens with zero attached hydrogens (tertiary/aromatic N) is 2. The summed E-state index contributed by atoms with van der Waals surface area (Å²) in [5.41, 5.74) is 1.72. The minimum Gasteiger partial charge on any atom is -0.383 e. The fourth-order valence-corrected chi connectivity index (χ4v) is 5.13. The summed E-state index contributed by atoms with van der Waals surface area (Å²) < 4.78 is 7.29. The molecule has 1 N–H and O–H groups in total. The second-order valence-electron chi connectivity index (χ2n) is 8.10. The van der Waals surface area contributed by atoms with Crippen molar-refractivity contribution in [3.8, 4) is 0 Å². The first-order valence-corrected chi connectivity index (χ1v) is 10.8. The normalized spacial score (nSPS) is 22.9. The van der Waals surface area contributed by atoms with Crippen LogP contribution in [0.4, 0.5) is 0 Å². The van der Waals surface area contributed by atoms with Crippen molar-refractivity contribution < 1.29 is 9.53 Å². The standard InChI is InChI=1S/C22H30ClN3O2/c1-28-12-11-26-15-19(18-13-17(23)7-8-21(18)26)22(27)24-14-16-5-4-10-25-9-3-2-6-20(16)25/h7-8,13,15-16,20H,2-6,9-12,14H2,1H3,(H,24,27)/t16-,20-/m0/s1. The van der Waals surface area contributed by atoms with E-state index in [-0.39, 0.29) is 5.91 Å². The van der Waals surface area contributed by atoms with Crippen molar-refractivity contribution in [3.63, 3.8) is 0 Å². The van der Waals surface area contributed by atoms with Crippen LogP contribution in [-0.4, -0.2) is 54.8 Å². The molecular formula is C22H30ClN3O2. The van der Waals surface area contributed by atoms with Gasteiger partial charge in [0, 0.05) is 48.4 Å². The minimum atomic E-state index is -0.00336. The Morgan fingerprint density at radius 1 is 1.25 bits per heavy atom. The second-order valence-corrected chi connectivity index (χ2v) is 8.54. The molecule has 1 aromatic heterocycles. The number of hydrogen-bond donors (Lipinski definition) is 1. The number of piperidine rings is 2. The number of ether oxygens (including phenoxy) is 1. The summed E-state index contributed by atoms with van der Waals surface area (Å²) >= 11 is 6.21. The highest BCUT2D eigenvalue weighted by molar-refractivity contribution is 6.31. The Labute approximate surface area is 172 Å². The van der Waals surface area contributed by atoms with Crippen LogP contribution >= 0.6 is 11.6 Å². The van der Waals surface area contributed by atoms with Crippen LogP contribution in [0.1, 0.15) is 42.5 Å². The van der Waals surface area contributed by atoms with Crippen molar-refractivity contribution in [2.45, 2.75) is 44.7 Å². The molecule has 1 aromatic carbocycles. The van der Waals surface area contributed by atoms with Crippen LogP contribution in [0.3, 0.4) is 0 Å². The summed E-state index contributed by atoms with van der Waals surface area (Å²) in [6.45, 7) is 4.52. The van der Waals surface area contributed by atoms with Crippen molar-refractivity contribution in [3.05, 3.63) is 35.0 Å². The first-order valence-electron chi connectivity index (χ1n) is 10.5. The maximum atomic E-state index is 13.0. The predicted octanol–water partition coefficient (Wildman–Crippen LogP) is 3.94. The summed E-state index contributed by atoms with van der Waals surface area (Å²) in [4.78, 5) is 15.7. The van der Waals surface area contributed by atoms with E-state index in [1.165, 1.54) is 45.2 Å². The number of halogens is 1. The van der Waals surface area contributed by atoms with Gasteiger partial charge in [0.2, 0.25) is 0 Å². The molecule has 2 atom stereocenters. The van der Waals surface area contributed by atoms with E-state index in [1.807, 2.05) is 24.4 Å². The van der Waals surface area contributed by atoms with Crippen LogP contribution < -0.4 is 5.32 Å². The van der Waals surface area contributed by atoms with E-state index in [0.717, 1.165) is 17.4 Å². The number of aromatic nitrogens is 1. The van der Waals surface area contributed by atoms with Gasteiger partial charge in [-0.05, 0) is 62.9 Å². The average molecular weight is 404 g/mol. The fourth-order valence-electron chi connectivity index (χ4n) is 4.96. The molecule has 3 heterocycles. The van der Waals surface area contributed by atoms with E-state index in [2.05, 4.69) is 14.8 Å². The Morgan fingerprint density at radius 2 is 2.11 bits per heavy atom. The summed E-state index contributed by atoms with van der Waals surface area (Å²) in [6.07, 6.45) is 8.29. The zero-order chi connectivity index (χ0) is 19.5. The van der Waals surface area contributed by atoms with Crippen molar-refractivity contribution in [2.75, 3.05) is 33.4 Å². The molecule has 0 unspecified atom stereocenters. The molecule has 2 aliphatic heterocycles. The van der Waals surface area contributed by atoms with Crippen LogP contribution in [0, 0.1) is 5.92 Å². The number of fused-ring (bicyclic) bond motifs is 2. The van der Waals surface area contributed by atoms with Gasteiger partial charge in [-0.3, -0.25) is 4.79 Å². The van der Waals surface area contributed by atoms with E-state index < -0.39 is 0 Å². The molecule has 0 spiro atoms. The van der Waals surface area contributed by atoms with Crippen LogP contribution in [0.25, 0.3) is 10.9 Å². The summed E-state index contributed by atoms with van der Waals surface area (Å²) in [5.74, 6) is 0.555. The Hall–Kier alpha value is -1.56. The maximum absolute atomic E-state index is 13.0. The Kier molecular flexibility index (Phi) is 6.24. The monoisotopic (exact) mass is 403 g/mol. The summed E-state index contributed by atoms with van der Waals surface area (Å²) in [5, 5.41) is 4.79. The van der Waals surface area contributed by atoms with Gasteiger partial charge in [0.15, 0.2) is 0 Å². The first kappa shape index (κ1) is 19.7. The number of rotatable bonds is 6. The second kappa shape index (κ2) is 8.85. The SMILES string of the molecule is COCCn1cc(C(=O)NC[C@@H]2CCCN3CCCC[C@@H]23)c2cc(Cl)ccc21. The molecule has 2 aromatic rings. The smallest absolute Gasteiger partial charge is 0.253 e. The lowest BCUT2D eigenvalue weighted by Gasteiger charge is -2.44. The Bertz CT molecular complexity index is 833. The van der Waals surface area contributed by atoms with Crippen molar-refractivity contribution in [1.29, 1.82) is 0 Å². The fraction of sp³-hybridized carbons (Fsp3) is 0.591. The first-order chi connectivity index (χ1) is 13.7. The molecule has 0 aliphatic carbocycles. The third-order valence-electron chi connectivity index (χ3n) is 6.38. The number of amides is 1. The van der Waals surface area contributed by atoms with Crippen molar-refractivity contribution >= 4 is 28.4 Å². The number of carbonyl (C=O) groups excluding carboxylic acids is 1. The van der Waals surface area contributed by atoms with Crippen LogP contribution in [-0.2, 0) is 11.3 Å². The van der Waals surface area contributed by atoms with E-state index in [9.17, 15) is 4.79 Å². The third-order valence-corrected chi connectivity index (χ3v) is 6.61. The molecule has 0 radical (unpaired) electrons. The van der Waals surface area contributed by atoms with Gasteiger partial charge in [0.05, 0.1) is 12.2 Å². The number of benzene rings is 1. The van der Waals surface area contributed by atoms with E-state index in [0.29, 0.717) is 35.7 Å². The highest BCUT2D eigenvalue weighted by atomic mass is 35.5. The number of methoxy groups -OCH3 is 1. The number of nitrogens with one attached hydrogen (secondary N) is 1. The van der Waals surface area contributed by atoms with Gasteiger partial charge in [0.25, 0.3) is 5.91 Å². The Morgan fingerprint density at radius 3 is 2.96 bits per heavy atom. The molecule has 28 heavy (non-hydrogen) atoms. The van der Waals surface area contributed by atoms with Gasteiger partial charge in [-0.2, -0.15) is 0 Å². The minimum absolute atomic E-state index is 0.00336. The lowest BCUT2D eigenvalue weighted by molar-refractivity contribution is 0.0576. The van der Waals surface area contributed by atoms with Crippen molar-refractivity contribution in [1.82, 2.24) is 14.8 Å². The van der Waals surface area contributed by atoms with E-state index >= 15 is 0 Å². The molecule has 2 saturated heterocycles. The van der Waals surface area contributed by atoms with Gasteiger partial charge in [-0.25, -0.2) is 0 Å². The van der Waals surface area contributed by atoms with Crippen LogP contribution in [0.2, 0.25) is 5.02 Å². The molecular weight excluding hydrogens is 374 g/mol. The highest BCUT2D eigenvalue weighted by Crippen LogP contribution is 2.31. The highest BCUT2D eigenvalue weighted by Gasteiger charge is 2.33. The van der Waals surface area contributed by atoms with Gasteiger partial charge < -0.3 is 19.5 Å². The van der Waals surface area contributed by atoms with Crippen LogP contribution in [0.15, 0.2) is 24.4 Å². The molecule has 152 valence electrons. The van der Waals surface area contributed by atoms with E-state index in [1.54, 1.807) is 7.11 Å². The molecule has 6 heteroatoms. The van der Waals surface area contributed by atoms with Gasteiger partial charge in [-0.15, -0.1) is 0 Å². The predicted molar refractivity (Wildman–Crippen MR) is 113 cm³/mol.